The number of hydrogen-bond acceptors (Lipinski definition) is 1. The summed E-state index contributed by atoms with van der Waals surface area (Å²) < 4.78 is 12.4. The van der Waals surface area contributed by atoms with Gasteiger partial charge in [0, 0.05) is 6.20 Å². The molecule has 0 saturated carbocycles. The molecular formula is C8H9FN. The van der Waals surface area contributed by atoms with Crippen LogP contribution in [-0.4, -0.2) is 4.98 Å². The lowest BCUT2D eigenvalue weighted by Gasteiger charge is -2.01. The molecule has 0 aliphatic rings. The van der Waals surface area contributed by atoms with Gasteiger partial charge in [-0.3, -0.25) is 4.98 Å². The number of aromatic nitrogens is 1. The normalized spacial score (nSPS) is 10.4. The summed E-state index contributed by atoms with van der Waals surface area (Å²) in [6, 6.07) is 1.46. The van der Waals surface area contributed by atoms with Crippen molar-refractivity contribution >= 4 is 0 Å². The summed E-state index contributed by atoms with van der Waals surface area (Å²) in [7, 11) is 0. The standard InChI is InChI=1S/C8H9FN/c1-6(2)7-3-8(9)5-10-4-7/h3-4,6H,1-2H3. The van der Waals surface area contributed by atoms with Gasteiger partial charge >= 0.3 is 0 Å². The molecule has 0 aromatic carbocycles. The minimum Gasteiger partial charge on any atom is -0.251 e. The Balaban J connectivity index is 2.96. The monoisotopic (exact) mass is 138 g/mol. The molecule has 10 heavy (non-hydrogen) atoms. The highest BCUT2D eigenvalue weighted by Crippen LogP contribution is 2.12. The zero-order valence-corrected chi connectivity index (χ0v) is 6.06. The second-order valence-electron chi connectivity index (χ2n) is 2.52. The lowest BCUT2D eigenvalue weighted by molar-refractivity contribution is 0.613. The summed E-state index contributed by atoms with van der Waals surface area (Å²) in [5.41, 5.74) is 0.913. The molecule has 0 bridgehead atoms. The molecule has 0 amide bonds. The number of pyridine rings is 1. The van der Waals surface area contributed by atoms with E-state index in [1.165, 1.54) is 6.07 Å². The van der Waals surface area contributed by atoms with Gasteiger partial charge in [-0.05, 0) is 17.5 Å². The van der Waals surface area contributed by atoms with Crippen molar-refractivity contribution in [3.05, 3.63) is 29.8 Å². The lowest BCUT2D eigenvalue weighted by Crippen LogP contribution is -1.89. The molecule has 1 radical (unpaired) electrons. The SMILES string of the molecule is CC(C)c1cn[c]c(F)c1. The molecule has 0 spiro atoms. The van der Waals surface area contributed by atoms with Crippen molar-refractivity contribution < 1.29 is 4.39 Å². The van der Waals surface area contributed by atoms with E-state index in [0.29, 0.717) is 5.92 Å². The number of hydrogen-bond donors (Lipinski definition) is 0. The van der Waals surface area contributed by atoms with Crippen LogP contribution in [0.15, 0.2) is 12.3 Å². The molecule has 1 nitrogen and oxygen atoms in total. The molecule has 0 N–H and O–H groups in total. The highest BCUT2D eigenvalue weighted by molar-refractivity contribution is 5.13. The molecule has 2 heteroatoms. The van der Waals surface area contributed by atoms with Crippen molar-refractivity contribution in [2.45, 2.75) is 19.8 Å². The minimum absolute atomic E-state index is 0.330. The van der Waals surface area contributed by atoms with E-state index in [9.17, 15) is 4.39 Å². The largest absolute Gasteiger partial charge is 0.251 e. The Morgan fingerprint density at radius 3 is 2.70 bits per heavy atom. The second-order valence-corrected chi connectivity index (χ2v) is 2.52. The van der Waals surface area contributed by atoms with Crippen molar-refractivity contribution in [3.63, 3.8) is 0 Å². The second kappa shape index (κ2) is 2.78. The number of nitrogens with zero attached hydrogens (tertiary/aromatic N) is 1. The van der Waals surface area contributed by atoms with Crippen molar-refractivity contribution in [1.29, 1.82) is 0 Å². The summed E-state index contributed by atoms with van der Waals surface area (Å²) in [5, 5.41) is 0. The smallest absolute Gasteiger partial charge is 0.151 e. The van der Waals surface area contributed by atoms with E-state index in [-0.39, 0.29) is 5.82 Å². The van der Waals surface area contributed by atoms with Crippen LogP contribution in [0.25, 0.3) is 0 Å². The number of rotatable bonds is 1. The van der Waals surface area contributed by atoms with Crippen LogP contribution in [0.1, 0.15) is 25.3 Å². The Labute approximate surface area is 59.9 Å². The van der Waals surface area contributed by atoms with Gasteiger partial charge in [-0.15, -0.1) is 0 Å². The highest BCUT2D eigenvalue weighted by Gasteiger charge is 1.99. The first-order valence-electron chi connectivity index (χ1n) is 3.23. The Bertz CT molecular complexity index is 220. The zero-order chi connectivity index (χ0) is 7.56. The van der Waals surface area contributed by atoms with Crippen molar-refractivity contribution in [2.75, 3.05) is 0 Å². The predicted molar refractivity (Wildman–Crippen MR) is 37.1 cm³/mol. The Kier molecular flexibility index (Phi) is 2.00. The summed E-state index contributed by atoms with van der Waals surface area (Å²) in [4.78, 5) is 3.61. The summed E-state index contributed by atoms with van der Waals surface area (Å²) in [5.74, 6) is -0.0530. The van der Waals surface area contributed by atoms with Gasteiger partial charge in [0.25, 0.3) is 0 Å². The predicted octanol–water partition coefficient (Wildman–Crippen LogP) is 2.14. The van der Waals surface area contributed by atoms with Gasteiger partial charge < -0.3 is 0 Å². The van der Waals surface area contributed by atoms with E-state index in [0.717, 1.165) is 5.56 Å². The fraction of sp³-hybridized carbons (Fsp3) is 0.375. The maximum absolute atomic E-state index is 12.4. The minimum atomic E-state index is -0.383. The topological polar surface area (TPSA) is 12.9 Å². The third-order valence-corrected chi connectivity index (χ3v) is 1.35. The Morgan fingerprint density at radius 1 is 1.60 bits per heavy atom. The average Bonchev–Trinajstić information content (AvgIpc) is 1.88. The fourth-order valence-electron chi connectivity index (χ4n) is 0.700. The lowest BCUT2D eigenvalue weighted by atomic mass is 10.1. The molecule has 1 aromatic rings. The molecule has 1 rings (SSSR count). The third kappa shape index (κ3) is 1.53. The van der Waals surface area contributed by atoms with E-state index < -0.39 is 0 Å². The van der Waals surface area contributed by atoms with Crippen molar-refractivity contribution in [3.8, 4) is 0 Å². The van der Waals surface area contributed by atoms with Crippen LogP contribution in [0.4, 0.5) is 4.39 Å². The molecule has 0 aliphatic heterocycles. The molecule has 53 valence electrons. The van der Waals surface area contributed by atoms with E-state index in [4.69, 9.17) is 0 Å². The molecule has 0 aliphatic carbocycles. The molecule has 0 fully saturated rings. The van der Waals surface area contributed by atoms with Gasteiger partial charge in [-0.25, -0.2) is 4.39 Å². The van der Waals surface area contributed by atoms with Crippen LogP contribution >= 0.6 is 0 Å². The summed E-state index contributed by atoms with van der Waals surface area (Å²) >= 11 is 0. The van der Waals surface area contributed by atoms with Crippen LogP contribution in [0.2, 0.25) is 0 Å². The van der Waals surface area contributed by atoms with E-state index >= 15 is 0 Å². The van der Waals surface area contributed by atoms with Crippen LogP contribution < -0.4 is 0 Å². The fourth-order valence-corrected chi connectivity index (χ4v) is 0.700. The van der Waals surface area contributed by atoms with Gasteiger partial charge in [0.05, 0.1) is 0 Å². The van der Waals surface area contributed by atoms with Crippen LogP contribution in [0.3, 0.4) is 0 Å². The van der Waals surface area contributed by atoms with Crippen molar-refractivity contribution in [2.24, 2.45) is 0 Å². The molecular weight excluding hydrogens is 129 g/mol. The van der Waals surface area contributed by atoms with Gasteiger partial charge in [0.15, 0.2) is 5.82 Å². The quantitative estimate of drug-likeness (QED) is 0.579. The maximum atomic E-state index is 12.4. The van der Waals surface area contributed by atoms with Gasteiger partial charge in [0.1, 0.15) is 6.20 Å². The molecule has 0 saturated heterocycles. The van der Waals surface area contributed by atoms with Crippen LogP contribution in [-0.2, 0) is 0 Å². The van der Waals surface area contributed by atoms with Crippen LogP contribution in [0, 0.1) is 12.0 Å². The summed E-state index contributed by atoms with van der Waals surface area (Å²) in [6.45, 7) is 3.99. The molecule has 0 unspecified atom stereocenters. The Hall–Kier alpha value is -0.920. The third-order valence-electron chi connectivity index (χ3n) is 1.35. The summed E-state index contributed by atoms with van der Waals surface area (Å²) in [6.07, 6.45) is 3.84. The van der Waals surface area contributed by atoms with Gasteiger partial charge in [0.2, 0.25) is 0 Å². The maximum Gasteiger partial charge on any atom is 0.151 e. The molecule has 0 atom stereocenters. The first-order valence-corrected chi connectivity index (χ1v) is 3.23. The zero-order valence-electron chi connectivity index (χ0n) is 6.06. The first-order chi connectivity index (χ1) is 4.70. The first kappa shape index (κ1) is 7.19. The average molecular weight is 138 g/mol. The van der Waals surface area contributed by atoms with Crippen LogP contribution in [0.5, 0.6) is 0 Å². The molecule has 1 aromatic heterocycles. The van der Waals surface area contributed by atoms with E-state index in [1.54, 1.807) is 6.20 Å². The molecule has 1 heterocycles. The van der Waals surface area contributed by atoms with Crippen molar-refractivity contribution in [1.82, 2.24) is 4.98 Å². The Morgan fingerprint density at radius 2 is 2.30 bits per heavy atom. The highest BCUT2D eigenvalue weighted by atomic mass is 19.1. The van der Waals surface area contributed by atoms with E-state index in [1.807, 2.05) is 13.8 Å². The van der Waals surface area contributed by atoms with E-state index in [2.05, 4.69) is 11.2 Å². The van der Waals surface area contributed by atoms with Gasteiger partial charge in [-0.1, -0.05) is 13.8 Å². The van der Waals surface area contributed by atoms with Gasteiger partial charge in [-0.2, -0.15) is 0 Å². The number of halogens is 1.